The van der Waals surface area contributed by atoms with E-state index in [0.29, 0.717) is 5.02 Å². The first-order valence-corrected chi connectivity index (χ1v) is 6.10. The lowest BCUT2D eigenvalue weighted by molar-refractivity contribution is 0.515. The van der Waals surface area contributed by atoms with Crippen LogP contribution in [0.2, 0.25) is 5.02 Å². The van der Waals surface area contributed by atoms with Gasteiger partial charge in [0.25, 0.3) is 0 Å². The van der Waals surface area contributed by atoms with E-state index in [1.165, 1.54) is 0 Å². The Morgan fingerprint density at radius 1 is 0.833 bits per heavy atom. The topological polar surface area (TPSA) is 20.2 Å². The van der Waals surface area contributed by atoms with E-state index in [1.54, 1.807) is 6.08 Å². The Bertz CT molecular complexity index is 669. The minimum absolute atomic E-state index is 0.240. The molecule has 0 aliphatic heterocycles. The minimum Gasteiger partial charge on any atom is -0.507 e. The maximum Gasteiger partial charge on any atom is 0.124 e. The van der Waals surface area contributed by atoms with Crippen molar-refractivity contribution in [2.45, 2.75) is 0 Å². The third-order valence-electron chi connectivity index (χ3n) is 3.05. The number of benzene rings is 2. The van der Waals surface area contributed by atoms with Crippen molar-refractivity contribution in [3.8, 4) is 0 Å². The number of hydrogen-bond acceptors (Lipinski definition) is 1. The van der Waals surface area contributed by atoms with Gasteiger partial charge in [-0.3, -0.25) is 0 Å². The van der Waals surface area contributed by atoms with Gasteiger partial charge in [-0.05, 0) is 23.3 Å². The molecule has 0 saturated heterocycles. The summed E-state index contributed by atoms with van der Waals surface area (Å²) in [5.41, 5.74) is 3.67. The molecular formula is C16H11ClO. The molecule has 1 aliphatic carbocycles. The zero-order chi connectivity index (χ0) is 12.5. The Balaban J connectivity index is 2.28. The van der Waals surface area contributed by atoms with Gasteiger partial charge < -0.3 is 5.11 Å². The van der Waals surface area contributed by atoms with Crippen LogP contribution >= 0.6 is 11.6 Å². The fourth-order valence-electron chi connectivity index (χ4n) is 2.12. The number of halogens is 1. The van der Waals surface area contributed by atoms with Crippen LogP contribution < -0.4 is 0 Å². The number of rotatable bonds is 0. The highest BCUT2D eigenvalue weighted by molar-refractivity contribution is 6.32. The Kier molecular flexibility index (Phi) is 2.69. The molecule has 18 heavy (non-hydrogen) atoms. The van der Waals surface area contributed by atoms with Crippen LogP contribution in [0.15, 0.2) is 42.5 Å². The van der Waals surface area contributed by atoms with Gasteiger partial charge in [0, 0.05) is 16.1 Å². The van der Waals surface area contributed by atoms with Gasteiger partial charge in [0.05, 0.1) is 0 Å². The van der Waals surface area contributed by atoms with Gasteiger partial charge in [0.2, 0.25) is 0 Å². The highest BCUT2D eigenvalue weighted by Crippen LogP contribution is 2.30. The van der Waals surface area contributed by atoms with Crippen molar-refractivity contribution < 1.29 is 5.11 Å². The van der Waals surface area contributed by atoms with Crippen molar-refractivity contribution in [2.75, 3.05) is 0 Å². The average Bonchev–Trinajstić information content (AvgIpc) is 2.36. The Morgan fingerprint density at radius 3 is 2.44 bits per heavy atom. The fraction of sp³-hybridized carbons (Fsp3) is 0. The predicted octanol–water partition coefficient (Wildman–Crippen LogP) is 4.88. The van der Waals surface area contributed by atoms with Gasteiger partial charge in [-0.25, -0.2) is 0 Å². The van der Waals surface area contributed by atoms with Crippen molar-refractivity contribution in [3.05, 3.63) is 69.7 Å². The molecule has 2 heteroatoms. The van der Waals surface area contributed by atoms with E-state index >= 15 is 0 Å². The molecule has 2 aromatic carbocycles. The molecule has 0 amide bonds. The average molecular weight is 255 g/mol. The van der Waals surface area contributed by atoms with Crippen molar-refractivity contribution >= 4 is 35.6 Å². The van der Waals surface area contributed by atoms with Gasteiger partial charge >= 0.3 is 0 Å². The van der Waals surface area contributed by atoms with E-state index in [2.05, 4.69) is 0 Å². The quantitative estimate of drug-likeness (QED) is 0.710. The first-order chi connectivity index (χ1) is 8.75. The third-order valence-corrected chi connectivity index (χ3v) is 3.38. The van der Waals surface area contributed by atoms with Gasteiger partial charge in [0.15, 0.2) is 0 Å². The molecule has 0 fully saturated rings. The maximum atomic E-state index is 10.2. The molecule has 0 heterocycles. The molecule has 1 nitrogen and oxygen atoms in total. The summed E-state index contributed by atoms with van der Waals surface area (Å²) >= 11 is 6.17. The highest BCUT2D eigenvalue weighted by Gasteiger charge is 2.11. The predicted molar refractivity (Wildman–Crippen MR) is 77.3 cm³/mol. The van der Waals surface area contributed by atoms with Crippen LogP contribution in [0, 0.1) is 0 Å². The second-order valence-corrected chi connectivity index (χ2v) is 4.60. The molecule has 88 valence electrons. The van der Waals surface area contributed by atoms with Gasteiger partial charge in [-0.1, -0.05) is 60.2 Å². The Hall–Kier alpha value is -1.99. The number of fused-ring (bicyclic) bond motifs is 2. The molecule has 0 unspecified atom stereocenters. The maximum absolute atomic E-state index is 10.2. The van der Waals surface area contributed by atoms with E-state index in [0.717, 1.165) is 22.3 Å². The Labute approximate surface area is 111 Å². The summed E-state index contributed by atoms with van der Waals surface area (Å²) in [6.07, 6.45) is 5.73. The fourth-order valence-corrected chi connectivity index (χ4v) is 2.36. The van der Waals surface area contributed by atoms with Crippen molar-refractivity contribution in [2.24, 2.45) is 0 Å². The minimum atomic E-state index is 0.240. The number of hydrogen-bond donors (Lipinski definition) is 1. The molecule has 1 N–H and O–H groups in total. The lowest BCUT2D eigenvalue weighted by atomic mass is 9.97. The smallest absolute Gasteiger partial charge is 0.124 e. The molecule has 0 radical (unpaired) electrons. The molecule has 0 spiro atoms. The van der Waals surface area contributed by atoms with Gasteiger partial charge in [-0.15, -0.1) is 0 Å². The summed E-state index contributed by atoms with van der Waals surface area (Å²) in [5.74, 6) is 0.240. The lowest BCUT2D eigenvalue weighted by Crippen LogP contribution is -1.92. The second-order valence-electron chi connectivity index (χ2n) is 4.19. The van der Waals surface area contributed by atoms with Crippen molar-refractivity contribution in [1.82, 2.24) is 0 Å². The van der Waals surface area contributed by atoms with Crippen LogP contribution in [0.5, 0.6) is 0 Å². The van der Waals surface area contributed by atoms with E-state index in [9.17, 15) is 5.11 Å². The summed E-state index contributed by atoms with van der Waals surface area (Å²) in [6, 6.07) is 13.5. The molecule has 0 atom stereocenters. The van der Waals surface area contributed by atoms with Crippen LogP contribution in [0.4, 0.5) is 0 Å². The van der Waals surface area contributed by atoms with Crippen molar-refractivity contribution in [1.29, 1.82) is 0 Å². The standard InChI is InChI=1S/C16H11ClO/c17-15-7-3-6-14-13(15)9-8-11-4-1-2-5-12(11)10-16(14)18/h1-10,18H/b9-8-,11-8?,12-10?,13-9?,16-10+,16-14?. The van der Waals surface area contributed by atoms with Crippen LogP contribution in [0.1, 0.15) is 22.3 Å². The normalized spacial score (nSPS) is 17.7. The molecule has 1 aliphatic rings. The zero-order valence-electron chi connectivity index (χ0n) is 9.60. The lowest BCUT2D eigenvalue weighted by Gasteiger charge is -2.11. The summed E-state index contributed by atoms with van der Waals surface area (Å²) in [7, 11) is 0. The summed E-state index contributed by atoms with van der Waals surface area (Å²) in [5, 5.41) is 10.8. The van der Waals surface area contributed by atoms with Crippen LogP contribution in [0.3, 0.4) is 0 Å². The van der Waals surface area contributed by atoms with Gasteiger partial charge in [0.1, 0.15) is 5.76 Å². The van der Waals surface area contributed by atoms with E-state index in [1.807, 2.05) is 54.6 Å². The second kappa shape index (κ2) is 4.35. The highest BCUT2D eigenvalue weighted by atomic mass is 35.5. The van der Waals surface area contributed by atoms with Crippen molar-refractivity contribution in [3.63, 3.8) is 0 Å². The molecular weight excluding hydrogens is 244 g/mol. The molecule has 0 bridgehead atoms. The first-order valence-electron chi connectivity index (χ1n) is 5.72. The molecule has 0 saturated carbocycles. The molecule has 2 aromatic rings. The van der Waals surface area contributed by atoms with E-state index in [-0.39, 0.29) is 5.76 Å². The largest absolute Gasteiger partial charge is 0.507 e. The van der Waals surface area contributed by atoms with Crippen LogP contribution in [-0.4, -0.2) is 5.11 Å². The summed E-state index contributed by atoms with van der Waals surface area (Å²) in [6.45, 7) is 0. The van der Waals surface area contributed by atoms with Crippen LogP contribution in [-0.2, 0) is 0 Å². The zero-order valence-corrected chi connectivity index (χ0v) is 10.4. The summed E-state index contributed by atoms with van der Waals surface area (Å²) < 4.78 is 0. The number of aliphatic hydroxyl groups excluding tert-OH is 1. The van der Waals surface area contributed by atoms with E-state index in [4.69, 9.17) is 11.6 Å². The van der Waals surface area contributed by atoms with E-state index < -0.39 is 0 Å². The summed E-state index contributed by atoms with van der Waals surface area (Å²) in [4.78, 5) is 0. The molecule has 3 rings (SSSR count). The monoisotopic (exact) mass is 254 g/mol. The van der Waals surface area contributed by atoms with Gasteiger partial charge in [-0.2, -0.15) is 0 Å². The molecule has 0 aromatic heterocycles. The first kappa shape index (κ1) is 11.1. The Morgan fingerprint density at radius 2 is 1.61 bits per heavy atom. The SMILES string of the molecule is O/C1=C/c2ccccc2/C=C\c2c(Cl)cccc21. The van der Waals surface area contributed by atoms with Crippen LogP contribution in [0.25, 0.3) is 24.0 Å². The third kappa shape index (κ3) is 1.83. The number of aliphatic hydroxyl groups is 1.